The Labute approximate surface area is 90.1 Å². The molecule has 0 aromatic heterocycles. The van der Waals surface area contributed by atoms with E-state index in [-0.39, 0.29) is 19.8 Å². The largest absolute Gasteiger partial charge is 0.490 e. The van der Waals surface area contributed by atoms with Gasteiger partial charge in [-0.1, -0.05) is 6.92 Å². The zero-order valence-corrected chi connectivity index (χ0v) is 8.66. The van der Waals surface area contributed by atoms with Crippen LogP contribution in [0.15, 0.2) is 0 Å². The van der Waals surface area contributed by atoms with Crippen LogP contribution in [0.5, 0.6) is 0 Å². The van der Waals surface area contributed by atoms with Crippen molar-refractivity contribution >= 4 is 5.97 Å². The van der Waals surface area contributed by atoms with E-state index in [2.05, 4.69) is 0 Å². The zero-order valence-electron chi connectivity index (χ0n) is 8.66. The minimum absolute atomic E-state index is 0.156. The van der Waals surface area contributed by atoms with Crippen LogP contribution >= 0.6 is 0 Å². The number of aliphatic hydroxyl groups is 3. The lowest BCUT2D eigenvalue weighted by Crippen LogP contribution is -2.32. The van der Waals surface area contributed by atoms with E-state index in [4.69, 9.17) is 25.2 Å². The summed E-state index contributed by atoms with van der Waals surface area (Å²) in [6, 6.07) is 0. The maximum atomic E-state index is 10.6. The Hall–Kier alpha value is -0.860. The number of halogens is 3. The first-order chi connectivity index (χ1) is 7.19. The molecule has 0 saturated carbocycles. The molecule has 0 fully saturated rings. The van der Waals surface area contributed by atoms with Crippen LogP contribution in [0.2, 0.25) is 0 Å². The van der Waals surface area contributed by atoms with Crippen molar-refractivity contribution in [2.45, 2.75) is 19.5 Å². The van der Waals surface area contributed by atoms with Gasteiger partial charge in [-0.2, -0.15) is 13.2 Å². The van der Waals surface area contributed by atoms with E-state index in [9.17, 15) is 13.2 Å². The van der Waals surface area contributed by atoms with Crippen molar-refractivity contribution in [3.05, 3.63) is 0 Å². The first-order valence-electron chi connectivity index (χ1n) is 4.31. The van der Waals surface area contributed by atoms with Crippen molar-refractivity contribution in [3.63, 3.8) is 0 Å². The van der Waals surface area contributed by atoms with Gasteiger partial charge in [0.15, 0.2) is 0 Å². The molecular formula is C8H15F3O5. The maximum Gasteiger partial charge on any atom is 0.490 e. The summed E-state index contributed by atoms with van der Waals surface area (Å²) < 4.78 is 31.7. The van der Waals surface area contributed by atoms with Crippen LogP contribution in [0.25, 0.3) is 0 Å². The van der Waals surface area contributed by atoms with Gasteiger partial charge in [0.05, 0.1) is 19.8 Å². The lowest BCUT2D eigenvalue weighted by molar-refractivity contribution is -0.192. The van der Waals surface area contributed by atoms with E-state index in [1.165, 1.54) is 0 Å². The number of alkyl halides is 3. The van der Waals surface area contributed by atoms with Crippen molar-refractivity contribution in [3.8, 4) is 0 Å². The number of hydrogen-bond acceptors (Lipinski definition) is 4. The molecule has 0 bridgehead atoms. The monoisotopic (exact) mass is 248 g/mol. The number of aliphatic carboxylic acids is 1. The molecule has 0 spiro atoms. The van der Waals surface area contributed by atoms with Crippen LogP contribution in [0.1, 0.15) is 13.3 Å². The van der Waals surface area contributed by atoms with Crippen LogP contribution in [-0.2, 0) is 4.79 Å². The minimum Gasteiger partial charge on any atom is -0.475 e. The lowest BCUT2D eigenvalue weighted by Gasteiger charge is -2.24. The summed E-state index contributed by atoms with van der Waals surface area (Å²) in [5.41, 5.74) is -0.667. The fraction of sp³-hybridized carbons (Fsp3) is 0.875. The summed E-state index contributed by atoms with van der Waals surface area (Å²) in [4.78, 5) is 8.90. The van der Waals surface area contributed by atoms with Gasteiger partial charge >= 0.3 is 12.1 Å². The summed E-state index contributed by atoms with van der Waals surface area (Å²) in [6.45, 7) is 1.35. The van der Waals surface area contributed by atoms with Gasteiger partial charge in [-0.25, -0.2) is 4.79 Å². The molecule has 0 aliphatic rings. The molecule has 0 saturated heterocycles. The Kier molecular flexibility index (Phi) is 8.13. The molecule has 0 atom stereocenters. The highest BCUT2D eigenvalue weighted by Crippen LogP contribution is 2.18. The highest BCUT2D eigenvalue weighted by Gasteiger charge is 2.38. The molecule has 0 unspecified atom stereocenters. The van der Waals surface area contributed by atoms with Gasteiger partial charge in [0.1, 0.15) is 0 Å². The molecule has 8 heteroatoms. The highest BCUT2D eigenvalue weighted by molar-refractivity contribution is 5.73. The minimum atomic E-state index is -5.08. The third kappa shape index (κ3) is 6.59. The van der Waals surface area contributed by atoms with Crippen LogP contribution < -0.4 is 0 Å². The average Bonchev–Trinajstić information content (AvgIpc) is 2.21. The Balaban J connectivity index is 0. The van der Waals surface area contributed by atoms with Crippen LogP contribution in [0.3, 0.4) is 0 Å². The van der Waals surface area contributed by atoms with Gasteiger partial charge < -0.3 is 20.4 Å². The van der Waals surface area contributed by atoms with Gasteiger partial charge in [0, 0.05) is 5.41 Å². The second-order valence-electron chi connectivity index (χ2n) is 3.13. The van der Waals surface area contributed by atoms with E-state index < -0.39 is 17.6 Å². The van der Waals surface area contributed by atoms with E-state index in [0.717, 1.165) is 0 Å². The molecule has 0 aliphatic carbocycles. The van der Waals surface area contributed by atoms with E-state index in [1.807, 2.05) is 6.92 Å². The quantitative estimate of drug-likeness (QED) is 0.561. The summed E-state index contributed by atoms with van der Waals surface area (Å²) in [5.74, 6) is -2.76. The molecule has 98 valence electrons. The van der Waals surface area contributed by atoms with Gasteiger partial charge in [-0.3, -0.25) is 0 Å². The summed E-state index contributed by atoms with van der Waals surface area (Å²) >= 11 is 0. The predicted molar refractivity (Wildman–Crippen MR) is 47.7 cm³/mol. The fourth-order valence-electron chi connectivity index (χ4n) is 0.485. The SMILES string of the molecule is CCC(CO)(CO)CO.O=C(O)C(F)(F)F. The standard InChI is InChI=1S/C6H14O3.C2HF3O2/c1-2-6(3-7,4-8)5-9;3-2(4,5)1(6)7/h7-9H,2-5H2,1H3;(H,6,7). The Morgan fingerprint density at radius 2 is 1.31 bits per heavy atom. The van der Waals surface area contributed by atoms with Crippen molar-refractivity contribution in [1.29, 1.82) is 0 Å². The van der Waals surface area contributed by atoms with Crippen molar-refractivity contribution in [2.24, 2.45) is 5.41 Å². The van der Waals surface area contributed by atoms with Crippen molar-refractivity contribution in [2.75, 3.05) is 19.8 Å². The molecule has 0 aliphatic heterocycles. The molecule has 0 rings (SSSR count). The highest BCUT2D eigenvalue weighted by atomic mass is 19.4. The number of carboxylic acid groups (broad SMARTS) is 1. The first-order valence-corrected chi connectivity index (χ1v) is 4.31. The summed E-state index contributed by atoms with van der Waals surface area (Å²) in [5, 5.41) is 33.1. The molecule has 0 aromatic carbocycles. The Bertz CT molecular complexity index is 183. The molecule has 0 radical (unpaired) electrons. The Morgan fingerprint density at radius 1 is 1.06 bits per heavy atom. The maximum absolute atomic E-state index is 10.6. The number of carbonyl (C=O) groups is 1. The van der Waals surface area contributed by atoms with Crippen molar-refractivity contribution in [1.82, 2.24) is 0 Å². The lowest BCUT2D eigenvalue weighted by atomic mass is 9.88. The van der Waals surface area contributed by atoms with Crippen LogP contribution in [-0.4, -0.2) is 52.4 Å². The number of hydrogen-bond donors (Lipinski definition) is 4. The third-order valence-corrected chi connectivity index (χ3v) is 2.00. The smallest absolute Gasteiger partial charge is 0.475 e. The Morgan fingerprint density at radius 3 is 1.31 bits per heavy atom. The van der Waals surface area contributed by atoms with Gasteiger partial charge in [0.2, 0.25) is 0 Å². The van der Waals surface area contributed by atoms with E-state index >= 15 is 0 Å². The molecular weight excluding hydrogens is 233 g/mol. The van der Waals surface area contributed by atoms with E-state index in [0.29, 0.717) is 6.42 Å². The van der Waals surface area contributed by atoms with Crippen molar-refractivity contribution < 1.29 is 38.4 Å². The average molecular weight is 248 g/mol. The molecule has 0 amide bonds. The zero-order chi connectivity index (χ0) is 13.4. The van der Waals surface area contributed by atoms with Gasteiger partial charge in [0.25, 0.3) is 0 Å². The van der Waals surface area contributed by atoms with Crippen LogP contribution in [0.4, 0.5) is 13.2 Å². The first kappa shape index (κ1) is 17.5. The van der Waals surface area contributed by atoms with E-state index in [1.54, 1.807) is 0 Å². The van der Waals surface area contributed by atoms with Gasteiger partial charge in [-0.15, -0.1) is 0 Å². The summed E-state index contributed by atoms with van der Waals surface area (Å²) in [7, 11) is 0. The normalized spacial score (nSPS) is 11.7. The second-order valence-corrected chi connectivity index (χ2v) is 3.13. The topological polar surface area (TPSA) is 98.0 Å². The van der Waals surface area contributed by atoms with Gasteiger partial charge in [-0.05, 0) is 6.42 Å². The number of aliphatic hydroxyl groups excluding tert-OH is 3. The second kappa shape index (κ2) is 7.42. The molecule has 0 aromatic rings. The predicted octanol–water partition coefficient (Wildman–Crippen LogP) is -0.00700. The third-order valence-electron chi connectivity index (χ3n) is 2.00. The fourth-order valence-corrected chi connectivity index (χ4v) is 0.485. The van der Waals surface area contributed by atoms with Crippen LogP contribution in [0, 0.1) is 5.41 Å². The molecule has 16 heavy (non-hydrogen) atoms. The molecule has 4 N–H and O–H groups in total. The molecule has 0 heterocycles. The number of carboxylic acids is 1. The number of rotatable bonds is 4. The molecule has 5 nitrogen and oxygen atoms in total. The summed E-state index contributed by atoms with van der Waals surface area (Å²) in [6.07, 6.45) is -4.49.